The van der Waals surface area contributed by atoms with E-state index < -0.39 is 0 Å². The average molecular weight is 202 g/mol. The zero-order chi connectivity index (χ0) is 10.6. The number of nitrogens with one attached hydrogen (secondary N) is 2. The van der Waals surface area contributed by atoms with Crippen molar-refractivity contribution in [3.8, 4) is 0 Å². The van der Waals surface area contributed by atoms with Crippen LogP contribution in [0, 0.1) is 0 Å². The van der Waals surface area contributed by atoms with Gasteiger partial charge in [0.15, 0.2) is 0 Å². The molecule has 0 unspecified atom stereocenters. The van der Waals surface area contributed by atoms with E-state index in [9.17, 15) is 4.79 Å². The molecule has 0 saturated carbocycles. The minimum atomic E-state index is 0.113. The number of hydrogen-bond acceptors (Lipinski definition) is 3. The third-order valence-corrected chi connectivity index (χ3v) is 1.86. The van der Waals surface area contributed by atoms with Gasteiger partial charge in [0.25, 0.3) is 0 Å². The van der Waals surface area contributed by atoms with Crippen molar-refractivity contribution in [2.24, 2.45) is 0 Å². The predicted octanol–water partition coefficient (Wildman–Crippen LogP) is 0.265. The van der Waals surface area contributed by atoms with Gasteiger partial charge in [0, 0.05) is 26.1 Å². The number of aliphatic hydroxyl groups is 1. The lowest BCUT2D eigenvalue weighted by atomic mass is 10.3. The maximum absolute atomic E-state index is 11.1. The monoisotopic (exact) mass is 202 g/mol. The van der Waals surface area contributed by atoms with Crippen molar-refractivity contribution >= 4 is 5.91 Å². The highest BCUT2D eigenvalue weighted by molar-refractivity contribution is 5.75. The normalized spacial score (nSPS) is 10.1. The van der Waals surface area contributed by atoms with Gasteiger partial charge >= 0.3 is 0 Å². The molecular formula is C10H22N2O2. The van der Waals surface area contributed by atoms with Crippen LogP contribution in [0.1, 0.15) is 32.6 Å². The molecule has 84 valence electrons. The van der Waals surface area contributed by atoms with Gasteiger partial charge in [0.1, 0.15) is 0 Å². The lowest BCUT2D eigenvalue weighted by Crippen LogP contribution is -2.28. The van der Waals surface area contributed by atoms with Crippen molar-refractivity contribution < 1.29 is 9.90 Å². The minimum absolute atomic E-state index is 0.113. The largest absolute Gasteiger partial charge is 0.396 e. The quantitative estimate of drug-likeness (QED) is 0.470. The van der Waals surface area contributed by atoms with Crippen LogP contribution >= 0.6 is 0 Å². The maximum atomic E-state index is 11.1. The van der Waals surface area contributed by atoms with Gasteiger partial charge in [-0.25, -0.2) is 0 Å². The predicted molar refractivity (Wildman–Crippen MR) is 57.1 cm³/mol. The first-order chi connectivity index (χ1) is 6.81. The Labute approximate surface area is 86.1 Å². The van der Waals surface area contributed by atoms with Crippen LogP contribution in [0.4, 0.5) is 0 Å². The smallest absolute Gasteiger partial charge is 0.221 e. The van der Waals surface area contributed by atoms with Crippen LogP contribution in [-0.2, 0) is 4.79 Å². The zero-order valence-electron chi connectivity index (χ0n) is 9.01. The molecule has 0 aliphatic heterocycles. The van der Waals surface area contributed by atoms with Crippen LogP contribution in [0.15, 0.2) is 0 Å². The standard InChI is InChI=1S/C10H22N2O2/c1-2-6-12-10(14)5-8-11-7-3-4-9-13/h11,13H,2-9H2,1H3,(H,12,14). The highest BCUT2D eigenvalue weighted by Gasteiger charge is 1.98. The van der Waals surface area contributed by atoms with Gasteiger partial charge in [0.2, 0.25) is 5.91 Å². The second kappa shape index (κ2) is 10.5. The number of carbonyl (C=O) groups is 1. The van der Waals surface area contributed by atoms with Gasteiger partial charge in [-0.05, 0) is 25.8 Å². The minimum Gasteiger partial charge on any atom is -0.396 e. The molecule has 4 nitrogen and oxygen atoms in total. The molecular weight excluding hydrogens is 180 g/mol. The summed E-state index contributed by atoms with van der Waals surface area (Å²) in [6.45, 7) is 4.65. The number of hydrogen-bond donors (Lipinski definition) is 3. The summed E-state index contributed by atoms with van der Waals surface area (Å²) >= 11 is 0. The first-order valence-corrected chi connectivity index (χ1v) is 5.39. The first kappa shape index (κ1) is 13.4. The molecule has 14 heavy (non-hydrogen) atoms. The van der Waals surface area contributed by atoms with Crippen LogP contribution in [0.2, 0.25) is 0 Å². The Morgan fingerprint density at radius 3 is 2.64 bits per heavy atom. The van der Waals surface area contributed by atoms with Crippen molar-refractivity contribution in [1.29, 1.82) is 0 Å². The van der Waals surface area contributed by atoms with E-state index in [0.29, 0.717) is 6.42 Å². The fraction of sp³-hybridized carbons (Fsp3) is 0.900. The van der Waals surface area contributed by atoms with Gasteiger partial charge in [0.05, 0.1) is 0 Å². The summed E-state index contributed by atoms with van der Waals surface area (Å²) in [5.74, 6) is 0.113. The Morgan fingerprint density at radius 1 is 1.21 bits per heavy atom. The van der Waals surface area contributed by atoms with Crippen molar-refractivity contribution in [1.82, 2.24) is 10.6 Å². The molecule has 0 aromatic carbocycles. The van der Waals surface area contributed by atoms with Gasteiger partial charge < -0.3 is 15.7 Å². The molecule has 3 N–H and O–H groups in total. The van der Waals surface area contributed by atoms with E-state index in [-0.39, 0.29) is 12.5 Å². The average Bonchev–Trinajstić information content (AvgIpc) is 2.20. The lowest BCUT2D eigenvalue weighted by molar-refractivity contribution is -0.120. The highest BCUT2D eigenvalue weighted by atomic mass is 16.2. The van der Waals surface area contributed by atoms with Crippen LogP contribution in [-0.4, -0.2) is 37.3 Å². The van der Waals surface area contributed by atoms with E-state index in [1.165, 1.54) is 0 Å². The molecule has 0 atom stereocenters. The van der Waals surface area contributed by atoms with E-state index in [1.54, 1.807) is 0 Å². The SMILES string of the molecule is CCCNC(=O)CCNCCCCO. The Hall–Kier alpha value is -0.610. The number of aliphatic hydroxyl groups excluding tert-OH is 1. The topological polar surface area (TPSA) is 61.4 Å². The van der Waals surface area contributed by atoms with Crippen molar-refractivity contribution in [2.45, 2.75) is 32.6 Å². The molecule has 0 saturated heterocycles. The summed E-state index contributed by atoms with van der Waals surface area (Å²) < 4.78 is 0. The van der Waals surface area contributed by atoms with Crippen LogP contribution in [0.3, 0.4) is 0 Å². The molecule has 0 aliphatic carbocycles. The summed E-state index contributed by atoms with van der Waals surface area (Å²) in [6, 6.07) is 0. The second-order valence-electron chi connectivity index (χ2n) is 3.28. The number of rotatable bonds is 9. The summed E-state index contributed by atoms with van der Waals surface area (Å²) in [5.41, 5.74) is 0. The maximum Gasteiger partial charge on any atom is 0.221 e. The van der Waals surface area contributed by atoms with E-state index in [0.717, 1.165) is 38.9 Å². The Bertz CT molecular complexity index is 140. The molecule has 0 aliphatic rings. The number of unbranched alkanes of at least 4 members (excludes halogenated alkanes) is 1. The summed E-state index contributed by atoms with van der Waals surface area (Å²) in [7, 11) is 0. The summed E-state index contributed by atoms with van der Waals surface area (Å²) in [6.07, 6.45) is 3.32. The van der Waals surface area contributed by atoms with Crippen LogP contribution in [0.25, 0.3) is 0 Å². The molecule has 0 rings (SSSR count). The van der Waals surface area contributed by atoms with Crippen molar-refractivity contribution in [2.75, 3.05) is 26.2 Å². The van der Waals surface area contributed by atoms with Crippen molar-refractivity contribution in [3.63, 3.8) is 0 Å². The molecule has 0 aromatic heterocycles. The Balaban J connectivity index is 3.07. The fourth-order valence-corrected chi connectivity index (χ4v) is 1.04. The third kappa shape index (κ3) is 9.48. The van der Waals surface area contributed by atoms with Crippen LogP contribution in [0.5, 0.6) is 0 Å². The molecule has 0 heterocycles. The van der Waals surface area contributed by atoms with Gasteiger partial charge in [-0.2, -0.15) is 0 Å². The molecule has 0 aromatic rings. The molecule has 0 bridgehead atoms. The Morgan fingerprint density at radius 2 is 2.00 bits per heavy atom. The lowest BCUT2D eigenvalue weighted by Gasteiger charge is -2.04. The van der Waals surface area contributed by atoms with Gasteiger partial charge in [-0.3, -0.25) is 4.79 Å². The first-order valence-electron chi connectivity index (χ1n) is 5.39. The van der Waals surface area contributed by atoms with E-state index in [4.69, 9.17) is 5.11 Å². The number of carbonyl (C=O) groups excluding carboxylic acids is 1. The second-order valence-corrected chi connectivity index (χ2v) is 3.28. The molecule has 0 spiro atoms. The summed E-state index contributed by atoms with van der Waals surface area (Å²) in [5, 5.41) is 14.5. The molecule has 0 radical (unpaired) electrons. The number of amides is 1. The third-order valence-electron chi connectivity index (χ3n) is 1.86. The highest BCUT2D eigenvalue weighted by Crippen LogP contribution is 1.84. The van der Waals surface area contributed by atoms with E-state index in [1.807, 2.05) is 6.92 Å². The van der Waals surface area contributed by atoms with Crippen LogP contribution < -0.4 is 10.6 Å². The fourth-order valence-electron chi connectivity index (χ4n) is 1.04. The van der Waals surface area contributed by atoms with Gasteiger partial charge in [-0.1, -0.05) is 6.92 Å². The van der Waals surface area contributed by atoms with E-state index >= 15 is 0 Å². The molecule has 0 fully saturated rings. The zero-order valence-corrected chi connectivity index (χ0v) is 9.01. The molecule has 4 heteroatoms. The molecule has 1 amide bonds. The van der Waals surface area contributed by atoms with Crippen molar-refractivity contribution in [3.05, 3.63) is 0 Å². The van der Waals surface area contributed by atoms with E-state index in [2.05, 4.69) is 10.6 Å². The van der Waals surface area contributed by atoms with Gasteiger partial charge in [-0.15, -0.1) is 0 Å². The Kier molecular flexibility index (Phi) is 10.0. The summed E-state index contributed by atoms with van der Waals surface area (Å²) in [4.78, 5) is 11.1.